The van der Waals surface area contributed by atoms with Crippen molar-refractivity contribution < 1.29 is 9.47 Å². The van der Waals surface area contributed by atoms with Crippen LogP contribution in [0.5, 0.6) is 11.5 Å². The van der Waals surface area contributed by atoms with Crippen LogP contribution in [0.3, 0.4) is 0 Å². The molecule has 0 atom stereocenters. The number of para-hydroxylation sites is 1. The Hall–Kier alpha value is -1.84. The zero-order valence-corrected chi connectivity index (χ0v) is 18.3. The van der Waals surface area contributed by atoms with Crippen LogP contribution in [-0.4, -0.2) is 51.3 Å². The van der Waals surface area contributed by atoms with Crippen LogP contribution in [0.25, 0.3) is 0 Å². The molecule has 0 heterocycles. The smallest absolute Gasteiger partial charge is 0.193 e. The van der Waals surface area contributed by atoms with E-state index in [-0.39, 0.29) is 24.0 Å². The van der Waals surface area contributed by atoms with Crippen LogP contribution in [0.15, 0.2) is 59.6 Å². The molecule has 0 aliphatic rings. The molecule has 148 valence electrons. The summed E-state index contributed by atoms with van der Waals surface area (Å²) in [6.45, 7) is 3.30. The maximum Gasteiger partial charge on any atom is 0.193 e. The molecular formula is C20H29IN4O2. The first-order valence-electron chi connectivity index (χ1n) is 8.75. The highest BCUT2D eigenvalue weighted by molar-refractivity contribution is 14.0. The summed E-state index contributed by atoms with van der Waals surface area (Å²) < 4.78 is 10.9. The maximum atomic E-state index is 5.97. The summed E-state index contributed by atoms with van der Waals surface area (Å²) in [4.78, 5) is 6.59. The first-order chi connectivity index (χ1) is 12.7. The molecule has 2 aromatic carbocycles. The number of hydrogen-bond acceptors (Lipinski definition) is 4. The average molecular weight is 484 g/mol. The van der Waals surface area contributed by atoms with Crippen LogP contribution in [0.2, 0.25) is 0 Å². The molecule has 0 spiro atoms. The fourth-order valence-electron chi connectivity index (χ4n) is 2.35. The van der Waals surface area contributed by atoms with Gasteiger partial charge in [-0.15, -0.1) is 24.0 Å². The monoisotopic (exact) mass is 484 g/mol. The summed E-state index contributed by atoms with van der Waals surface area (Å²) in [5.41, 5.74) is 6.81. The van der Waals surface area contributed by atoms with Crippen molar-refractivity contribution in [1.82, 2.24) is 4.90 Å². The Labute approximate surface area is 178 Å². The number of benzene rings is 2. The third-order valence-electron chi connectivity index (χ3n) is 3.74. The van der Waals surface area contributed by atoms with Crippen LogP contribution in [0.4, 0.5) is 5.69 Å². The predicted octanol–water partition coefficient (Wildman–Crippen LogP) is 3.79. The van der Waals surface area contributed by atoms with E-state index in [0.717, 1.165) is 43.3 Å². The van der Waals surface area contributed by atoms with Gasteiger partial charge in [0.25, 0.3) is 0 Å². The van der Waals surface area contributed by atoms with Gasteiger partial charge in [-0.05, 0) is 44.3 Å². The molecule has 0 aliphatic carbocycles. The molecule has 2 rings (SSSR count). The van der Waals surface area contributed by atoms with Gasteiger partial charge < -0.3 is 25.4 Å². The van der Waals surface area contributed by atoms with Crippen molar-refractivity contribution in [3.05, 3.63) is 54.6 Å². The number of nitrogens with one attached hydrogen (secondary N) is 1. The van der Waals surface area contributed by atoms with Crippen molar-refractivity contribution in [3.8, 4) is 11.5 Å². The summed E-state index contributed by atoms with van der Waals surface area (Å²) in [6.07, 6.45) is 0.944. The third-order valence-corrected chi connectivity index (χ3v) is 3.74. The van der Waals surface area contributed by atoms with Crippen LogP contribution in [0.1, 0.15) is 6.42 Å². The Kier molecular flexibility index (Phi) is 11.5. The van der Waals surface area contributed by atoms with Crippen LogP contribution >= 0.6 is 24.0 Å². The molecule has 0 fully saturated rings. The second-order valence-corrected chi connectivity index (χ2v) is 5.98. The first-order valence-corrected chi connectivity index (χ1v) is 8.75. The molecule has 0 aliphatic heterocycles. The van der Waals surface area contributed by atoms with E-state index in [1.54, 1.807) is 7.11 Å². The maximum absolute atomic E-state index is 5.97. The van der Waals surface area contributed by atoms with Crippen molar-refractivity contribution in [1.29, 1.82) is 0 Å². The summed E-state index contributed by atoms with van der Waals surface area (Å²) in [5, 5.41) is 3.10. The number of nitrogens with two attached hydrogens (primary N) is 1. The minimum atomic E-state index is 0. The lowest BCUT2D eigenvalue weighted by atomic mass is 10.3. The number of nitrogens with zero attached hydrogens (tertiary/aromatic N) is 2. The van der Waals surface area contributed by atoms with Crippen molar-refractivity contribution in [2.75, 3.05) is 45.7 Å². The predicted molar refractivity (Wildman–Crippen MR) is 122 cm³/mol. The summed E-state index contributed by atoms with van der Waals surface area (Å²) in [5.74, 6) is 1.94. The average Bonchev–Trinajstić information content (AvgIpc) is 2.64. The van der Waals surface area contributed by atoms with Gasteiger partial charge in [0.15, 0.2) is 5.96 Å². The lowest BCUT2D eigenvalue weighted by Gasteiger charge is -2.15. The molecule has 0 radical (unpaired) electrons. The highest BCUT2D eigenvalue weighted by Gasteiger charge is 2.01. The standard InChI is InChI=1S/C20H28N4O2.HI/c1-24(14-15-25-2)13-7-12-22-20(21)23-17-8-6-11-19(16-17)26-18-9-4-3-5-10-18;/h3-6,8-11,16H,7,12-15H2,1-2H3,(H3,21,22,23);1H. The molecule has 2 aromatic rings. The molecule has 0 aromatic heterocycles. The van der Waals surface area contributed by atoms with Gasteiger partial charge in [-0.1, -0.05) is 24.3 Å². The molecule has 27 heavy (non-hydrogen) atoms. The second-order valence-electron chi connectivity index (χ2n) is 5.98. The SMILES string of the molecule is COCCN(C)CCCN=C(N)Nc1cccc(Oc2ccccc2)c1.I. The molecule has 0 saturated carbocycles. The normalized spacial score (nSPS) is 11.1. The third kappa shape index (κ3) is 9.60. The van der Waals surface area contributed by atoms with Crippen molar-refractivity contribution in [2.24, 2.45) is 10.7 Å². The number of rotatable bonds is 10. The number of anilines is 1. The van der Waals surface area contributed by atoms with Crippen LogP contribution in [0, 0.1) is 0 Å². The number of aliphatic imine (C=N–C) groups is 1. The fraction of sp³-hybridized carbons (Fsp3) is 0.350. The lowest BCUT2D eigenvalue weighted by molar-refractivity contribution is 0.161. The summed E-state index contributed by atoms with van der Waals surface area (Å²) in [7, 11) is 3.78. The Bertz CT molecular complexity index is 683. The number of halogens is 1. The van der Waals surface area contributed by atoms with Crippen molar-refractivity contribution in [3.63, 3.8) is 0 Å². The number of ether oxygens (including phenoxy) is 2. The highest BCUT2D eigenvalue weighted by atomic mass is 127. The van der Waals surface area contributed by atoms with E-state index in [2.05, 4.69) is 22.3 Å². The molecule has 0 unspecified atom stereocenters. The van der Waals surface area contributed by atoms with E-state index < -0.39 is 0 Å². The number of guanidine groups is 1. The molecule has 0 bridgehead atoms. The minimum absolute atomic E-state index is 0. The van der Waals surface area contributed by atoms with Crippen molar-refractivity contribution >= 4 is 35.6 Å². The largest absolute Gasteiger partial charge is 0.457 e. The van der Waals surface area contributed by atoms with Crippen LogP contribution in [-0.2, 0) is 4.74 Å². The van der Waals surface area contributed by atoms with Crippen molar-refractivity contribution in [2.45, 2.75) is 6.42 Å². The Morgan fingerprint density at radius 3 is 2.56 bits per heavy atom. The van der Waals surface area contributed by atoms with Gasteiger partial charge in [0.1, 0.15) is 11.5 Å². The molecule has 0 amide bonds. The molecule has 3 N–H and O–H groups in total. The molecule has 0 saturated heterocycles. The van der Waals surface area contributed by atoms with E-state index in [1.165, 1.54) is 0 Å². The zero-order valence-electron chi connectivity index (χ0n) is 15.9. The fourth-order valence-corrected chi connectivity index (χ4v) is 2.35. The van der Waals surface area contributed by atoms with Gasteiger partial charge in [0.2, 0.25) is 0 Å². The quantitative estimate of drug-likeness (QED) is 0.233. The Balaban J connectivity index is 0.00000364. The first kappa shape index (κ1) is 23.2. The second kappa shape index (κ2) is 13.3. The Morgan fingerprint density at radius 2 is 1.81 bits per heavy atom. The number of methoxy groups -OCH3 is 1. The van der Waals surface area contributed by atoms with Crippen LogP contribution < -0.4 is 15.8 Å². The van der Waals surface area contributed by atoms with Gasteiger partial charge in [-0.3, -0.25) is 4.99 Å². The van der Waals surface area contributed by atoms with Gasteiger partial charge in [-0.2, -0.15) is 0 Å². The lowest BCUT2D eigenvalue weighted by Crippen LogP contribution is -2.25. The summed E-state index contributed by atoms with van der Waals surface area (Å²) in [6, 6.07) is 17.3. The zero-order chi connectivity index (χ0) is 18.6. The minimum Gasteiger partial charge on any atom is -0.457 e. The molecule has 6 nitrogen and oxygen atoms in total. The highest BCUT2D eigenvalue weighted by Crippen LogP contribution is 2.23. The van der Waals surface area contributed by atoms with Gasteiger partial charge >= 0.3 is 0 Å². The number of likely N-dealkylation sites (N-methyl/N-ethyl adjacent to an activating group) is 1. The molecular weight excluding hydrogens is 455 g/mol. The van der Waals surface area contributed by atoms with E-state index in [4.69, 9.17) is 15.2 Å². The van der Waals surface area contributed by atoms with E-state index in [1.807, 2.05) is 54.6 Å². The van der Waals surface area contributed by atoms with Gasteiger partial charge in [0.05, 0.1) is 6.61 Å². The summed E-state index contributed by atoms with van der Waals surface area (Å²) >= 11 is 0. The van der Waals surface area contributed by atoms with E-state index >= 15 is 0 Å². The Morgan fingerprint density at radius 1 is 1.07 bits per heavy atom. The van der Waals surface area contributed by atoms with Gasteiger partial charge in [0, 0.05) is 32.0 Å². The van der Waals surface area contributed by atoms with E-state index in [9.17, 15) is 0 Å². The molecule has 7 heteroatoms. The van der Waals surface area contributed by atoms with Gasteiger partial charge in [-0.25, -0.2) is 0 Å². The topological polar surface area (TPSA) is 72.1 Å². The van der Waals surface area contributed by atoms with E-state index in [0.29, 0.717) is 12.5 Å². The number of hydrogen-bond donors (Lipinski definition) is 2.